The molecule has 3 rings (SSSR count). The molecule has 5 nitrogen and oxygen atoms in total. The lowest BCUT2D eigenvalue weighted by Crippen LogP contribution is -2.48. The van der Waals surface area contributed by atoms with Crippen LogP contribution in [0.25, 0.3) is 0 Å². The van der Waals surface area contributed by atoms with E-state index in [9.17, 15) is 9.59 Å². The van der Waals surface area contributed by atoms with Crippen molar-refractivity contribution in [1.82, 2.24) is 14.8 Å². The van der Waals surface area contributed by atoms with Gasteiger partial charge in [0.05, 0.1) is 5.41 Å². The number of aryl methyl sites for hydroxylation is 1. The lowest BCUT2D eigenvalue weighted by atomic mass is 9.78. The number of pyridine rings is 1. The van der Waals surface area contributed by atoms with Crippen LogP contribution in [-0.2, 0) is 16.0 Å². The molecular weight excluding hydrogens is 278 g/mol. The number of hydrogen-bond acceptors (Lipinski definition) is 3. The molecule has 1 aromatic rings. The van der Waals surface area contributed by atoms with Crippen LogP contribution in [0.2, 0.25) is 0 Å². The Morgan fingerprint density at radius 1 is 1.27 bits per heavy atom. The summed E-state index contributed by atoms with van der Waals surface area (Å²) in [7, 11) is 1.87. The van der Waals surface area contributed by atoms with Crippen molar-refractivity contribution < 1.29 is 9.59 Å². The highest BCUT2D eigenvalue weighted by Gasteiger charge is 2.48. The maximum atomic E-state index is 12.5. The Balaban J connectivity index is 1.58. The molecule has 0 radical (unpaired) electrons. The van der Waals surface area contributed by atoms with Gasteiger partial charge in [0.15, 0.2) is 0 Å². The van der Waals surface area contributed by atoms with E-state index in [1.165, 1.54) is 0 Å². The quantitative estimate of drug-likeness (QED) is 0.850. The molecule has 1 aromatic heterocycles. The maximum absolute atomic E-state index is 12.5. The lowest BCUT2D eigenvalue weighted by molar-refractivity contribution is -0.144. The molecule has 2 fully saturated rings. The van der Waals surface area contributed by atoms with Crippen LogP contribution in [0.5, 0.6) is 0 Å². The minimum Gasteiger partial charge on any atom is -0.345 e. The average molecular weight is 301 g/mol. The Morgan fingerprint density at radius 3 is 2.82 bits per heavy atom. The third kappa shape index (κ3) is 2.85. The number of rotatable bonds is 3. The van der Waals surface area contributed by atoms with Crippen molar-refractivity contribution in [3.63, 3.8) is 0 Å². The second-order valence-electron chi connectivity index (χ2n) is 6.53. The third-order valence-electron chi connectivity index (χ3n) is 5.03. The number of likely N-dealkylation sites (tertiary alicyclic amines) is 2. The number of nitrogens with zero attached hydrogens (tertiary/aromatic N) is 3. The zero-order valence-corrected chi connectivity index (χ0v) is 13.1. The molecule has 2 aliphatic rings. The van der Waals surface area contributed by atoms with Gasteiger partial charge in [-0.2, -0.15) is 0 Å². The molecule has 0 N–H and O–H groups in total. The molecule has 5 heteroatoms. The van der Waals surface area contributed by atoms with Gasteiger partial charge in [-0.1, -0.05) is 0 Å². The Morgan fingerprint density at radius 2 is 2.05 bits per heavy atom. The van der Waals surface area contributed by atoms with Crippen molar-refractivity contribution in [2.45, 2.75) is 32.1 Å². The summed E-state index contributed by atoms with van der Waals surface area (Å²) in [5.74, 6) is 0.387. The zero-order chi connectivity index (χ0) is 15.6. The summed E-state index contributed by atoms with van der Waals surface area (Å²) < 4.78 is 0. The van der Waals surface area contributed by atoms with E-state index >= 15 is 0 Å². The van der Waals surface area contributed by atoms with Gasteiger partial charge in [-0.15, -0.1) is 0 Å². The van der Waals surface area contributed by atoms with Gasteiger partial charge in [0.25, 0.3) is 0 Å². The molecule has 2 saturated heterocycles. The summed E-state index contributed by atoms with van der Waals surface area (Å²) in [5, 5.41) is 0. The summed E-state index contributed by atoms with van der Waals surface area (Å²) in [4.78, 5) is 32.6. The standard InChI is InChI=1S/C17H23N3O2/c1-19-11-2-7-17(16(19)22)8-12-20(13-17)15(21)4-3-14-5-9-18-10-6-14/h5-6,9-10H,2-4,7-8,11-13H2,1H3/t17-/m0/s1. The zero-order valence-electron chi connectivity index (χ0n) is 13.1. The van der Waals surface area contributed by atoms with E-state index in [1.807, 2.05) is 29.0 Å². The predicted molar refractivity (Wildman–Crippen MR) is 83.1 cm³/mol. The molecule has 0 saturated carbocycles. The molecular formula is C17H23N3O2. The van der Waals surface area contributed by atoms with Crippen LogP contribution in [0.4, 0.5) is 0 Å². The fourth-order valence-electron chi connectivity index (χ4n) is 3.69. The fraction of sp³-hybridized carbons (Fsp3) is 0.588. The minimum atomic E-state index is -0.306. The fourth-order valence-corrected chi connectivity index (χ4v) is 3.69. The topological polar surface area (TPSA) is 53.5 Å². The Hall–Kier alpha value is -1.91. The highest BCUT2D eigenvalue weighted by atomic mass is 16.2. The first-order valence-electron chi connectivity index (χ1n) is 8.03. The average Bonchev–Trinajstić information content (AvgIpc) is 2.97. The first-order valence-corrected chi connectivity index (χ1v) is 8.03. The van der Waals surface area contributed by atoms with Gasteiger partial charge in [0.1, 0.15) is 0 Å². The van der Waals surface area contributed by atoms with Gasteiger partial charge in [-0.05, 0) is 43.4 Å². The highest BCUT2D eigenvalue weighted by Crippen LogP contribution is 2.39. The van der Waals surface area contributed by atoms with Crippen LogP contribution in [0, 0.1) is 5.41 Å². The van der Waals surface area contributed by atoms with Gasteiger partial charge >= 0.3 is 0 Å². The number of carbonyl (C=O) groups is 2. The molecule has 0 aliphatic carbocycles. The van der Waals surface area contributed by atoms with Gasteiger partial charge in [0.2, 0.25) is 11.8 Å². The van der Waals surface area contributed by atoms with Crippen molar-refractivity contribution in [3.8, 4) is 0 Å². The van der Waals surface area contributed by atoms with Crippen molar-refractivity contribution in [3.05, 3.63) is 30.1 Å². The number of hydrogen-bond donors (Lipinski definition) is 0. The normalized spacial score (nSPS) is 25.0. The number of amides is 2. The molecule has 2 amide bonds. The van der Waals surface area contributed by atoms with E-state index in [0.717, 1.165) is 44.3 Å². The minimum absolute atomic E-state index is 0.162. The Kier molecular flexibility index (Phi) is 4.14. The van der Waals surface area contributed by atoms with Crippen molar-refractivity contribution in [1.29, 1.82) is 0 Å². The van der Waals surface area contributed by atoms with Crippen LogP contribution in [0.3, 0.4) is 0 Å². The van der Waals surface area contributed by atoms with Crippen molar-refractivity contribution in [2.24, 2.45) is 5.41 Å². The molecule has 0 aromatic carbocycles. The van der Waals surface area contributed by atoms with Crippen LogP contribution in [-0.4, -0.2) is 53.3 Å². The molecule has 0 unspecified atom stereocenters. The van der Waals surface area contributed by atoms with E-state index < -0.39 is 0 Å². The van der Waals surface area contributed by atoms with Crippen molar-refractivity contribution in [2.75, 3.05) is 26.7 Å². The smallest absolute Gasteiger partial charge is 0.230 e. The summed E-state index contributed by atoms with van der Waals surface area (Å²) in [6.45, 7) is 2.16. The Bertz CT molecular complexity index is 560. The molecule has 118 valence electrons. The van der Waals surface area contributed by atoms with Gasteiger partial charge in [-0.3, -0.25) is 14.6 Å². The van der Waals surface area contributed by atoms with E-state index in [2.05, 4.69) is 4.98 Å². The number of carbonyl (C=O) groups excluding carboxylic acids is 2. The second kappa shape index (κ2) is 6.07. The maximum Gasteiger partial charge on any atom is 0.230 e. The van der Waals surface area contributed by atoms with Gasteiger partial charge in [-0.25, -0.2) is 0 Å². The summed E-state index contributed by atoms with van der Waals surface area (Å²) in [6, 6.07) is 3.89. The highest BCUT2D eigenvalue weighted by molar-refractivity contribution is 5.86. The van der Waals surface area contributed by atoms with Gasteiger partial charge < -0.3 is 9.80 Å². The summed E-state index contributed by atoms with van der Waals surface area (Å²) in [6.07, 6.45) is 7.52. The first-order chi connectivity index (χ1) is 10.6. The predicted octanol–water partition coefficient (Wildman–Crippen LogP) is 1.49. The van der Waals surface area contributed by atoms with Crippen molar-refractivity contribution >= 4 is 11.8 Å². The van der Waals surface area contributed by atoms with Gasteiger partial charge in [0, 0.05) is 45.5 Å². The summed E-state index contributed by atoms with van der Waals surface area (Å²) in [5.41, 5.74) is 0.824. The molecule has 2 aliphatic heterocycles. The molecule has 0 bridgehead atoms. The van der Waals surface area contributed by atoms with Crippen LogP contribution in [0.1, 0.15) is 31.2 Å². The molecule has 22 heavy (non-hydrogen) atoms. The number of aromatic nitrogens is 1. The van der Waals surface area contributed by atoms with Crippen LogP contribution in [0.15, 0.2) is 24.5 Å². The Labute approximate surface area is 131 Å². The number of piperidine rings is 1. The van der Waals surface area contributed by atoms with Crippen LogP contribution < -0.4 is 0 Å². The van der Waals surface area contributed by atoms with E-state index in [0.29, 0.717) is 13.0 Å². The molecule has 1 atom stereocenters. The largest absolute Gasteiger partial charge is 0.345 e. The lowest BCUT2D eigenvalue weighted by Gasteiger charge is -2.37. The monoisotopic (exact) mass is 301 g/mol. The SMILES string of the molecule is CN1CCC[C@@]2(CCN(C(=O)CCc3ccncc3)C2)C1=O. The molecule has 1 spiro atoms. The first kappa shape index (κ1) is 15.0. The summed E-state index contributed by atoms with van der Waals surface area (Å²) >= 11 is 0. The molecule has 3 heterocycles. The van der Waals surface area contributed by atoms with Crippen LogP contribution >= 0.6 is 0 Å². The van der Waals surface area contributed by atoms with E-state index in [1.54, 1.807) is 12.4 Å². The second-order valence-corrected chi connectivity index (χ2v) is 6.53. The van der Waals surface area contributed by atoms with E-state index in [4.69, 9.17) is 0 Å². The third-order valence-corrected chi connectivity index (χ3v) is 5.03. The van der Waals surface area contributed by atoms with E-state index in [-0.39, 0.29) is 17.2 Å².